The Hall–Kier alpha value is -1.31. The minimum atomic E-state index is 0.00116. The Morgan fingerprint density at radius 1 is 1.15 bits per heavy atom. The van der Waals surface area contributed by atoms with Gasteiger partial charge in [-0.25, -0.2) is 0 Å². The van der Waals surface area contributed by atoms with Gasteiger partial charge in [0.1, 0.15) is 5.78 Å². The van der Waals surface area contributed by atoms with E-state index in [1.807, 2.05) is 12.1 Å². The van der Waals surface area contributed by atoms with E-state index in [1.54, 1.807) is 18.2 Å². The Bertz CT molecular complexity index is 664. The number of aryl methyl sites for hydroxylation is 1. The summed E-state index contributed by atoms with van der Waals surface area (Å²) in [5.41, 5.74) is 3.28. The van der Waals surface area contributed by atoms with E-state index in [1.165, 1.54) is 11.1 Å². The summed E-state index contributed by atoms with van der Waals surface area (Å²) in [7, 11) is 0. The number of halogens is 2. The van der Waals surface area contributed by atoms with E-state index in [9.17, 15) is 4.79 Å². The summed E-state index contributed by atoms with van der Waals surface area (Å²) >= 11 is 12.1. The van der Waals surface area contributed by atoms with Crippen LogP contribution in [0.2, 0.25) is 10.0 Å². The molecule has 20 heavy (non-hydrogen) atoms. The summed E-state index contributed by atoms with van der Waals surface area (Å²) < 4.78 is 0. The van der Waals surface area contributed by atoms with Crippen molar-refractivity contribution in [2.24, 2.45) is 0 Å². The first-order chi connectivity index (χ1) is 9.65. The lowest BCUT2D eigenvalue weighted by Gasteiger charge is -2.11. The lowest BCUT2D eigenvalue weighted by Crippen LogP contribution is -2.12. The summed E-state index contributed by atoms with van der Waals surface area (Å²) in [5, 5.41) is 1.22. The molecule has 1 unspecified atom stereocenters. The van der Waals surface area contributed by atoms with Crippen LogP contribution in [0.25, 0.3) is 0 Å². The summed E-state index contributed by atoms with van der Waals surface area (Å²) in [6.45, 7) is 0. The zero-order valence-corrected chi connectivity index (χ0v) is 12.4. The highest BCUT2D eigenvalue weighted by Crippen LogP contribution is 2.35. The third-order valence-electron chi connectivity index (χ3n) is 3.89. The zero-order chi connectivity index (χ0) is 14.1. The SMILES string of the molecule is O=C(Cc1cc(Cl)ccc1Cl)C1CCc2ccccc21. The predicted molar refractivity (Wildman–Crippen MR) is 82.7 cm³/mol. The number of benzene rings is 2. The molecule has 0 aliphatic heterocycles. The number of fused-ring (bicyclic) bond motifs is 1. The van der Waals surface area contributed by atoms with Crippen LogP contribution in [-0.2, 0) is 17.6 Å². The molecule has 0 amide bonds. The molecule has 102 valence electrons. The van der Waals surface area contributed by atoms with E-state index in [0.717, 1.165) is 18.4 Å². The quantitative estimate of drug-likeness (QED) is 0.793. The monoisotopic (exact) mass is 304 g/mol. The van der Waals surface area contributed by atoms with E-state index >= 15 is 0 Å². The molecule has 2 aromatic rings. The van der Waals surface area contributed by atoms with Crippen LogP contribution >= 0.6 is 23.2 Å². The van der Waals surface area contributed by atoms with Crippen LogP contribution in [0.4, 0.5) is 0 Å². The first-order valence-electron chi connectivity index (χ1n) is 6.69. The summed E-state index contributed by atoms with van der Waals surface area (Å²) in [4.78, 5) is 12.5. The maximum atomic E-state index is 12.5. The molecule has 0 heterocycles. The Labute approximate surface area is 128 Å². The van der Waals surface area contributed by atoms with Crippen molar-refractivity contribution < 1.29 is 4.79 Å². The normalized spacial score (nSPS) is 17.0. The van der Waals surface area contributed by atoms with Crippen LogP contribution in [0.5, 0.6) is 0 Å². The number of ketones is 1. The standard InChI is InChI=1S/C17H14Cl2O/c18-13-6-8-16(19)12(9-13)10-17(20)15-7-5-11-3-1-2-4-14(11)15/h1-4,6,8-9,15H,5,7,10H2. The molecular weight excluding hydrogens is 291 g/mol. The maximum Gasteiger partial charge on any atom is 0.144 e. The molecule has 2 aromatic carbocycles. The lowest BCUT2D eigenvalue weighted by molar-refractivity contribution is -0.119. The molecule has 1 atom stereocenters. The third kappa shape index (κ3) is 2.61. The fourth-order valence-electron chi connectivity index (χ4n) is 2.88. The van der Waals surface area contributed by atoms with Crippen molar-refractivity contribution in [2.75, 3.05) is 0 Å². The van der Waals surface area contributed by atoms with Gasteiger partial charge in [-0.3, -0.25) is 4.79 Å². The van der Waals surface area contributed by atoms with Crippen molar-refractivity contribution in [1.82, 2.24) is 0 Å². The molecule has 1 nitrogen and oxygen atoms in total. The van der Waals surface area contributed by atoms with Crippen molar-refractivity contribution >= 4 is 29.0 Å². The smallest absolute Gasteiger partial charge is 0.144 e. The number of rotatable bonds is 3. The highest BCUT2D eigenvalue weighted by molar-refractivity contribution is 6.33. The van der Waals surface area contributed by atoms with Crippen LogP contribution < -0.4 is 0 Å². The molecule has 3 heteroatoms. The molecule has 1 aliphatic carbocycles. The van der Waals surface area contributed by atoms with Gasteiger partial charge < -0.3 is 0 Å². The van der Waals surface area contributed by atoms with E-state index in [0.29, 0.717) is 16.5 Å². The summed E-state index contributed by atoms with van der Waals surface area (Å²) in [6, 6.07) is 13.5. The van der Waals surface area contributed by atoms with Crippen LogP contribution in [0, 0.1) is 0 Å². The number of hydrogen-bond acceptors (Lipinski definition) is 1. The lowest BCUT2D eigenvalue weighted by atomic mass is 9.92. The van der Waals surface area contributed by atoms with Gasteiger partial charge in [-0.15, -0.1) is 0 Å². The van der Waals surface area contributed by atoms with Gasteiger partial charge in [-0.2, -0.15) is 0 Å². The van der Waals surface area contributed by atoms with Gasteiger partial charge in [0.05, 0.1) is 0 Å². The van der Waals surface area contributed by atoms with Crippen LogP contribution in [0.1, 0.15) is 29.0 Å². The van der Waals surface area contributed by atoms with Gasteiger partial charge >= 0.3 is 0 Å². The molecule has 0 N–H and O–H groups in total. The number of hydrogen-bond donors (Lipinski definition) is 0. The molecule has 0 radical (unpaired) electrons. The molecule has 0 saturated heterocycles. The van der Waals surface area contributed by atoms with Crippen LogP contribution in [-0.4, -0.2) is 5.78 Å². The van der Waals surface area contributed by atoms with Crippen molar-refractivity contribution in [3.8, 4) is 0 Å². The van der Waals surface area contributed by atoms with E-state index in [4.69, 9.17) is 23.2 Å². The molecule has 0 aromatic heterocycles. The highest BCUT2D eigenvalue weighted by atomic mass is 35.5. The van der Waals surface area contributed by atoms with Crippen LogP contribution in [0.3, 0.4) is 0 Å². The second-order valence-electron chi connectivity index (χ2n) is 5.17. The topological polar surface area (TPSA) is 17.1 Å². The van der Waals surface area contributed by atoms with Gasteiger partial charge in [-0.1, -0.05) is 47.5 Å². The van der Waals surface area contributed by atoms with E-state index < -0.39 is 0 Å². The molecule has 3 rings (SSSR count). The fraction of sp³-hybridized carbons (Fsp3) is 0.235. The minimum Gasteiger partial charge on any atom is -0.299 e. The van der Waals surface area contributed by atoms with Gasteiger partial charge in [0.25, 0.3) is 0 Å². The third-order valence-corrected chi connectivity index (χ3v) is 4.50. The Balaban J connectivity index is 1.83. The zero-order valence-electron chi connectivity index (χ0n) is 10.9. The van der Waals surface area contributed by atoms with Gasteiger partial charge in [0.15, 0.2) is 0 Å². The molecule has 0 bridgehead atoms. The number of carbonyl (C=O) groups excluding carboxylic acids is 1. The van der Waals surface area contributed by atoms with Gasteiger partial charge in [0.2, 0.25) is 0 Å². The Morgan fingerprint density at radius 2 is 1.95 bits per heavy atom. The number of carbonyl (C=O) groups is 1. The fourth-order valence-corrected chi connectivity index (χ4v) is 3.26. The van der Waals surface area contributed by atoms with Crippen molar-refractivity contribution in [3.05, 3.63) is 69.2 Å². The van der Waals surface area contributed by atoms with Gasteiger partial charge in [0, 0.05) is 22.4 Å². The minimum absolute atomic E-state index is 0.00116. The second-order valence-corrected chi connectivity index (χ2v) is 6.01. The molecule has 0 saturated carbocycles. The van der Waals surface area contributed by atoms with E-state index in [2.05, 4.69) is 12.1 Å². The van der Waals surface area contributed by atoms with Gasteiger partial charge in [-0.05, 0) is 47.7 Å². The average molecular weight is 305 g/mol. The number of Topliss-reactive ketones (excluding diaryl/α,β-unsaturated/α-hetero) is 1. The van der Waals surface area contributed by atoms with Crippen LogP contribution in [0.15, 0.2) is 42.5 Å². The Kier molecular flexibility index (Phi) is 3.82. The molecular formula is C17H14Cl2O. The highest BCUT2D eigenvalue weighted by Gasteiger charge is 2.28. The second kappa shape index (κ2) is 5.59. The summed E-state index contributed by atoms with van der Waals surface area (Å²) in [5.74, 6) is 0.223. The first-order valence-corrected chi connectivity index (χ1v) is 7.45. The maximum absolute atomic E-state index is 12.5. The summed E-state index contributed by atoms with van der Waals surface area (Å²) in [6.07, 6.45) is 2.23. The molecule has 0 fully saturated rings. The average Bonchev–Trinajstić information content (AvgIpc) is 2.87. The molecule has 1 aliphatic rings. The van der Waals surface area contributed by atoms with Crippen molar-refractivity contribution in [1.29, 1.82) is 0 Å². The van der Waals surface area contributed by atoms with Crippen molar-refractivity contribution in [2.45, 2.75) is 25.2 Å². The first kappa shape index (κ1) is 13.7. The molecule has 0 spiro atoms. The van der Waals surface area contributed by atoms with E-state index in [-0.39, 0.29) is 11.7 Å². The predicted octanol–water partition coefficient (Wildman–Crippen LogP) is 4.84. The Morgan fingerprint density at radius 3 is 2.80 bits per heavy atom. The largest absolute Gasteiger partial charge is 0.299 e. The van der Waals surface area contributed by atoms with Crippen molar-refractivity contribution in [3.63, 3.8) is 0 Å².